The topological polar surface area (TPSA) is 55.4 Å². The van der Waals surface area contributed by atoms with Crippen LogP contribution in [0.5, 0.6) is 34.5 Å². The van der Waals surface area contributed by atoms with Crippen LogP contribution >= 0.6 is 0 Å². The van der Waals surface area contributed by atoms with Crippen LogP contribution in [-0.2, 0) is 10.8 Å². The summed E-state index contributed by atoms with van der Waals surface area (Å²) >= 11 is 0. The van der Waals surface area contributed by atoms with Crippen molar-refractivity contribution < 1.29 is 28.4 Å². The van der Waals surface area contributed by atoms with Gasteiger partial charge in [-0.25, -0.2) is 0 Å². The molecule has 0 unspecified atom stereocenters. The summed E-state index contributed by atoms with van der Waals surface area (Å²) in [5.41, 5.74) is 5.95. The Morgan fingerprint density at radius 2 is 0.500 bits per heavy atom. The molecule has 0 fully saturated rings. The fraction of sp³-hybridized carbons (Fsp3) is 0.357. The van der Waals surface area contributed by atoms with E-state index >= 15 is 0 Å². The molecule has 6 heteroatoms. The van der Waals surface area contributed by atoms with E-state index in [0.29, 0.717) is 34.5 Å². The third kappa shape index (κ3) is 2.51. The standard InChI is InChI=1S/C28H30O6/c1-27-15-9-21(29-3)24(32-6)12-18(15)28(2,19-13-25(33-7)22(30-4)10-16(19)27)20-14-26(34-8)23(31-5)11-17(20)27/h9-14H,1-8H3. The first-order valence-electron chi connectivity index (χ1n) is 11.1. The van der Waals surface area contributed by atoms with E-state index in [9.17, 15) is 0 Å². The number of rotatable bonds is 6. The van der Waals surface area contributed by atoms with Crippen LogP contribution in [0.3, 0.4) is 0 Å². The Hall–Kier alpha value is -3.54. The van der Waals surface area contributed by atoms with Crippen LogP contribution in [0.15, 0.2) is 36.4 Å². The van der Waals surface area contributed by atoms with Crippen molar-refractivity contribution >= 4 is 0 Å². The Labute approximate surface area is 200 Å². The van der Waals surface area contributed by atoms with Gasteiger partial charge >= 0.3 is 0 Å². The highest BCUT2D eigenvalue weighted by molar-refractivity contribution is 5.79. The summed E-state index contributed by atoms with van der Waals surface area (Å²) < 4.78 is 34.3. The van der Waals surface area contributed by atoms with Crippen LogP contribution in [0, 0.1) is 0 Å². The lowest BCUT2D eigenvalue weighted by Crippen LogP contribution is -2.48. The molecule has 34 heavy (non-hydrogen) atoms. The predicted molar refractivity (Wildman–Crippen MR) is 130 cm³/mol. The first-order valence-corrected chi connectivity index (χ1v) is 11.1. The minimum absolute atomic E-state index is 0.504. The lowest BCUT2D eigenvalue weighted by molar-refractivity contribution is 0.344. The van der Waals surface area contributed by atoms with E-state index < -0.39 is 10.8 Å². The normalized spacial score (nSPS) is 21.2. The first kappa shape index (κ1) is 22.3. The van der Waals surface area contributed by atoms with E-state index in [1.165, 1.54) is 0 Å². The maximum absolute atomic E-state index is 5.71. The molecule has 0 radical (unpaired) electrons. The molecule has 0 N–H and O–H groups in total. The molecule has 3 aliphatic rings. The highest BCUT2D eigenvalue weighted by atomic mass is 16.5. The van der Waals surface area contributed by atoms with Gasteiger partial charge in [-0.1, -0.05) is 0 Å². The number of hydrogen-bond acceptors (Lipinski definition) is 6. The molecule has 0 heterocycles. The van der Waals surface area contributed by atoms with Gasteiger partial charge in [0, 0.05) is 10.8 Å². The van der Waals surface area contributed by atoms with Gasteiger partial charge in [0.25, 0.3) is 0 Å². The zero-order valence-electron chi connectivity index (χ0n) is 20.9. The Morgan fingerprint density at radius 3 is 0.618 bits per heavy atom. The molecule has 0 aromatic heterocycles. The van der Waals surface area contributed by atoms with Crippen LogP contribution in [0.25, 0.3) is 0 Å². The van der Waals surface area contributed by atoms with Gasteiger partial charge < -0.3 is 28.4 Å². The van der Waals surface area contributed by atoms with E-state index in [1.807, 2.05) is 0 Å². The summed E-state index contributed by atoms with van der Waals surface area (Å²) in [5.74, 6) is 4.18. The van der Waals surface area contributed by atoms with Crippen molar-refractivity contribution in [3.8, 4) is 34.5 Å². The SMILES string of the molecule is COc1cc2c(cc1OC)C1(C)c3cc(OC)c(OC)cc3C2(C)c2cc(OC)c(OC)cc21. The first-order chi connectivity index (χ1) is 16.3. The van der Waals surface area contributed by atoms with Gasteiger partial charge in [0.2, 0.25) is 0 Å². The summed E-state index contributed by atoms with van der Waals surface area (Å²) in [6.45, 7) is 4.48. The number of hydrogen-bond donors (Lipinski definition) is 0. The Balaban J connectivity index is 1.97. The molecule has 3 aromatic carbocycles. The van der Waals surface area contributed by atoms with E-state index in [0.717, 1.165) is 33.4 Å². The zero-order chi connectivity index (χ0) is 24.4. The zero-order valence-corrected chi connectivity index (χ0v) is 20.9. The van der Waals surface area contributed by atoms with E-state index in [1.54, 1.807) is 42.7 Å². The Morgan fingerprint density at radius 1 is 0.353 bits per heavy atom. The van der Waals surface area contributed by atoms with E-state index in [4.69, 9.17) is 28.4 Å². The highest BCUT2D eigenvalue weighted by Crippen LogP contribution is 2.65. The van der Waals surface area contributed by atoms with Crippen molar-refractivity contribution in [2.75, 3.05) is 42.7 Å². The molecule has 3 aromatic rings. The third-order valence-corrected chi connectivity index (χ3v) is 7.80. The molecule has 0 amide bonds. The van der Waals surface area contributed by atoms with E-state index in [-0.39, 0.29) is 0 Å². The van der Waals surface area contributed by atoms with Crippen molar-refractivity contribution in [1.29, 1.82) is 0 Å². The summed E-state index contributed by atoms with van der Waals surface area (Å²) in [6.07, 6.45) is 0. The van der Waals surface area contributed by atoms with Gasteiger partial charge in [0.15, 0.2) is 34.5 Å². The van der Waals surface area contributed by atoms with Crippen LogP contribution in [0.1, 0.15) is 47.2 Å². The minimum atomic E-state index is -0.504. The van der Waals surface area contributed by atoms with Crippen LogP contribution in [0.2, 0.25) is 0 Å². The number of benzene rings is 3. The van der Waals surface area contributed by atoms with Crippen molar-refractivity contribution in [1.82, 2.24) is 0 Å². The molecule has 0 saturated heterocycles. The maximum Gasteiger partial charge on any atom is 0.161 e. The molecular weight excluding hydrogens is 432 g/mol. The minimum Gasteiger partial charge on any atom is -0.493 e. The summed E-state index contributed by atoms with van der Waals surface area (Å²) in [4.78, 5) is 0. The monoisotopic (exact) mass is 462 g/mol. The van der Waals surface area contributed by atoms with Gasteiger partial charge in [-0.3, -0.25) is 0 Å². The Kier molecular flexibility index (Phi) is 4.90. The lowest BCUT2D eigenvalue weighted by Gasteiger charge is -2.54. The van der Waals surface area contributed by atoms with Gasteiger partial charge in [-0.05, 0) is 83.6 Å². The number of ether oxygens (including phenoxy) is 6. The van der Waals surface area contributed by atoms with Crippen LogP contribution < -0.4 is 28.4 Å². The van der Waals surface area contributed by atoms with Gasteiger partial charge in [-0.2, -0.15) is 0 Å². The maximum atomic E-state index is 5.71. The summed E-state index contributed by atoms with van der Waals surface area (Å²) in [7, 11) is 9.99. The molecule has 0 saturated carbocycles. The predicted octanol–water partition coefficient (Wildman–Crippen LogP) is 5.07. The largest absolute Gasteiger partial charge is 0.493 e. The van der Waals surface area contributed by atoms with Crippen molar-refractivity contribution in [3.63, 3.8) is 0 Å². The fourth-order valence-electron chi connectivity index (χ4n) is 5.99. The molecule has 178 valence electrons. The quantitative estimate of drug-likeness (QED) is 0.510. The van der Waals surface area contributed by atoms with E-state index in [2.05, 4.69) is 50.2 Å². The lowest BCUT2D eigenvalue weighted by atomic mass is 9.48. The highest BCUT2D eigenvalue weighted by Gasteiger charge is 2.56. The third-order valence-electron chi connectivity index (χ3n) is 7.80. The molecule has 0 aliphatic heterocycles. The summed E-state index contributed by atoms with van der Waals surface area (Å²) in [5, 5.41) is 0. The average Bonchev–Trinajstić information content (AvgIpc) is 2.88. The molecule has 3 aliphatic carbocycles. The molecular formula is C28H30O6. The molecule has 0 spiro atoms. The second-order valence-corrected chi connectivity index (χ2v) is 9.01. The fourth-order valence-corrected chi connectivity index (χ4v) is 5.99. The molecule has 2 bridgehead atoms. The summed E-state index contributed by atoms with van der Waals surface area (Å²) in [6, 6.07) is 12.6. The van der Waals surface area contributed by atoms with Crippen molar-refractivity contribution in [2.45, 2.75) is 24.7 Å². The smallest absolute Gasteiger partial charge is 0.161 e. The van der Waals surface area contributed by atoms with Gasteiger partial charge in [0.1, 0.15) is 0 Å². The number of methoxy groups -OCH3 is 6. The molecule has 0 atom stereocenters. The Bertz CT molecular complexity index is 1050. The average molecular weight is 463 g/mol. The molecule has 6 nitrogen and oxygen atoms in total. The second-order valence-electron chi connectivity index (χ2n) is 9.01. The second kappa shape index (κ2) is 7.49. The van der Waals surface area contributed by atoms with Gasteiger partial charge in [-0.15, -0.1) is 0 Å². The van der Waals surface area contributed by atoms with Gasteiger partial charge in [0.05, 0.1) is 42.7 Å². The van der Waals surface area contributed by atoms with Crippen molar-refractivity contribution in [2.24, 2.45) is 0 Å². The van der Waals surface area contributed by atoms with Crippen LogP contribution in [-0.4, -0.2) is 42.7 Å². The van der Waals surface area contributed by atoms with Crippen LogP contribution in [0.4, 0.5) is 0 Å². The van der Waals surface area contributed by atoms with Crippen molar-refractivity contribution in [3.05, 3.63) is 69.8 Å². The molecule has 6 rings (SSSR count).